The smallest absolute Gasteiger partial charge is 0.0597 e. The van der Waals surface area contributed by atoms with Gasteiger partial charge in [-0.05, 0) is 11.6 Å². The first-order valence-electron chi connectivity index (χ1n) is 4.37. The van der Waals surface area contributed by atoms with Gasteiger partial charge in [0.05, 0.1) is 6.04 Å². The van der Waals surface area contributed by atoms with Gasteiger partial charge in [0.25, 0.3) is 0 Å². The molecule has 13 heavy (non-hydrogen) atoms. The van der Waals surface area contributed by atoms with Crippen molar-refractivity contribution >= 4 is 27.7 Å². The number of hydrogen-bond acceptors (Lipinski definition) is 1. The number of rotatable bonds is 1. The number of benzene rings is 1. The predicted molar refractivity (Wildman–Crippen MR) is 61.2 cm³/mol. The van der Waals surface area contributed by atoms with Gasteiger partial charge in [-0.15, -0.1) is 0 Å². The van der Waals surface area contributed by atoms with Gasteiger partial charge in [-0.2, -0.15) is 11.8 Å². The lowest BCUT2D eigenvalue weighted by Crippen LogP contribution is -2.24. The van der Waals surface area contributed by atoms with Crippen LogP contribution >= 0.6 is 27.7 Å². The highest BCUT2D eigenvalue weighted by atomic mass is 79.9. The highest BCUT2D eigenvalue weighted by molar-refractivity contribution is 9.10. The van der Waals surface area contributed by atoms with E-state index in [4.69, 9.17) is 0 Å². The Morgan fingerprint density at radius 3 is 2.92 bits per heavy atom. The lowest BCUT2D eigenvalue weighted by Gasteiger charge is -2.22. The minimum absolute atomic E-state index is 0.398. The number of halogens is 1. The van der Waals surface area contributed by atoms with E-state index in [1.165, 1.54) is 15.8 Å². The van der Waals surface area contributed by atoms with Crippen molar-refractivity contribution < 1.29 is 0 Å². The van der Waals surface area contributed by atoms with Gasteiger partial charge in [0.15, 0.2) is 0 Å². The summed E-state index contributed by atoms with van der Waals surface area (Å²) in [4.78, 5) is 0. The van der Waals surface area contributed by atoms with Gasteiger partial charge >= 0.3 is 0 Å². The number of nitrogens with zero attached hydrogens (tertiary/aromatic N) is 1. The molecule has 0 aliphatic carbocycles. The fourth-order valence-electron chi connectivity index (χ4n) is 1.45. The second kappa shape index (κ2) is 4.49. The maximum Gasteiger partial charge on any atom is 0.0597 e. The zero-order chi connectivity index (χ0) is 9.10. The molecule has 1 fully saturated rings. The van der Waals surface area contributed by atoms with E-state index in [2.05, 4.69) is 39.4 Å². The molecule has 0 amide bonds. The van der Waals surface area contributed by atoms with Crippen molar-refractivity contribution in [3.63, 3.8) is 0 Å². The summed E-state index contributed by atoms with van der Waals surface area (Å²) in [5.74, 6) is 2.31. The second-order valence-corrected chi connectivity index (χ2v) is 5.02. The second-order valence-electron chi connectivity index (χ2n) is 3.02. The lowest BCUT2D eigenvalue weighted by molar-refractivity contribution is 0.579. The van der Waals surface area contributed by atoms with Crippen LogP contribution in [0.15, 0.2) is 28.7 Å². The molecule has 3 heteroatoms. The Balaban J connectivity index is 2.18. The van der Waals surface area contributed by atoms with Crippen LogP contribution in [0.25, 0.3) is 0 Å². The molecule has 1 aromatic rings. The van der Waals surface area contributed by atoms with Crippen LogP contribution in [0.4, 0.5) is 0 Å². The summed E-state index contributed by atoms with van der Waals surface area (Å²) in [5.41, 5.74) is 1.33. The van der Waals surface area contributed by atoms with E-state index in [0.29, 0.717) is 6.04 Å². The monoisotopic (exact) mass is 256 g/mol. The minimum atomic E-state index is 0.398. The summed E-state index contributed by atoms with van der Waals surface area (Å²) in [5, 5.41) is 4.61. The molecule has 1 radical (unpaired) electrons. The molecular weight excluding hydrogens is 246 g/mol. The Kier molecular flexibility index (Phi) is 3.30. The van der Waals surface area contributed by atoms with E-state index >= 15 is 0 Å². The van der Waals surface area contributed by atoms with Crippen LogP contribution in [-0.2, 0) is 0 Å². The van der Waals surface area contributed by atoms with Crippen molar-refractivity contribution in [3.8, 4) is 0 Å². The maximum absolute atomic E-state index is 4.61. The molecule has 1 unspecified atom stereocenters. The Labute approximate surface area is 91.4 Å². The van der Waals surface area contributed by atoms with E-state index in [0.717, 1.165) is 12.3 Å². The average molecular weight is 257 g/mol. The van der Waals surface area contributed by atoms with E-state index in [-0.39, 0.29) is 0 Å². The fourth-order valence-corrected chi connectivity index (χ4v) is 2.91. The van der Waals surface area contributed by atoms with E-state index in [1.807, 2.05) is 17.8 Å². The fraction of sp³-hybridized carbons (Fsp3) is 0.400. The Morgan fingerprint density at radius 2 is 2.23 bits per heavy atom. The normalized spacial score (nSPS) is 23.0. The van der Waals surface area contributed by atoms with E-state index in [9.17, 15) is 0 Å². The molecule has 1 aliphatic rings. The van der Waals surface area contributed by atoms with Crippen molar-refractivity contribution in [2.75, 3.05) is 18.1 Å². The Bertz CT molecular complexity index is 284. The zero-order valence-corrected chi connectivity index (χ0v) is 9.64. The van der Waals surface area contributed by atoms with E-state index in [1.54, 1.807) is 0 Å². The summed E-state index contributed by atoms with van der Waals surface area (Å²) in [6, 6.07) is 8.77. The molecule has 1 heterocycles. The van der Waals surface area contributed by atoms with Gasteiger partial charge in [0, 0.05) is 22.5 Å². The largest absolute Gasteiger partial charge is 0.232 e. The first-order chi connectivity index (χ1) is 6.38. The van der Waals surface area contributed by atoms with Crippen molar-refractivity contribution in [1.82, 2.24) is 5.32 Å². The maximum atomic E-state index is 4.61. The zero-order valence-electron chi connectivity index (χ0n) is 7.24. The summed E-state index contributed by atoms with van der Waals surface area (Å²) in [6.07, 6.45) is 0. The van der Waals surface area contributed by atoms with E-state index < -0.39 is 0 Å². The molecule has 0 spiro atoms. The predicted octanol–water partition coefficient (Wildman–Crippen LogP) is 2.84. The first kappa shape index (κ1) is 9.56. The summed E-state index contributed by atoms with van der Waals surface area (Å²) in [7, 11) is 0. The topological polar surface area (TPSA) is 14.1 Å². The summed E-state index contributed by atoms with van der Waals surface area (Å²) < 4.78 is 1.19. The molecule has 0 bridgehead atoms. The highest BCUT2D eigenvalue weighted by Gasteiger charge is 2.17. The molecule has 1 aromatic carbocycles. The molecule has 2 rings (SSSR count). The van der Waals surface area contributed by atoms with Gasteiger partial charge in [0.1, 0.15) is 0 Å². The van der Waals surface area contributed by atoms with Crippen LogP contribution < -0.4 is 5.32 Å². The average Bonchev–Trinajstić information content (AvgIpc) is 2.20. The van der Waals surface area contributed by atoms with Crippen LogP contribution in [0.2, 0.25) is 0 Å². The third-order valence-electron chi connectivity index (χ3n) is 2.13. The molecular formula is C10H11BrNS. The third kappa shape index (κ3) is 2.27. The van der Waals surface area contributed by atoms with Crippen LogP contribution in [0.3, 0.4) is 0 Å². The summed E-state index contributed by atoms with van der Waals surface area (Å²) >= 11 is 5.55. The van der Waals surface area contributed by atoms with Crippen molar-refractivity contribution in [1.29, 1.82) is 0 Å². The number of hydrogen-bond donors (Lipinski definition) is 0. The van der Waals surface area contributed by atoms with Crippen molar-refractivity contribution in [3.05, 3.63) is 34.3 Å². The van der Waals surface area contributed by atoms with Crippen molar-refractivity contribution in [2.24, 2.45) is 0 Å². The summed E-state index contributed by atoms with van der Waals surface area (Å²) in [6.45, 7) is 0.997. The van der Waals surface area contributed by atoms with Crippen molar-refractivity contribution in [2.45, 2.75) is 6.04 Å². The van der Waals surface area contributed by atoms with Gasteiger partial charge in [0.2, 0.25) is 0 Å². The molecule has 1 aliphatic heterocycles. The van der Waals surface area contributed by atoms with Crippen LogP contribution in [0.1, 0.15) is 11.6 Å². The molecule has 1 saturated heterocycles. The SMILES string of the molecule is Brc1ccccc1C1CSCC[N]1. The minimum Gasteiger partial charge on any atom is -0.232 e. The quantitative estimate of drug-likeness (QED) is 0.754. The van der Waals surface area contributed by atoms with Gasteiger partial charge in [-0.3, -0.25) is 0 Å². The Hall–Kier alpha value is 0.01000. The molecule has 1 nitrogen and oxygen atoms in total. The molecule has 0 aromatic heterocycles. The molecule has 69 valence electrons. The Morgan fingerprint density at radius 1 is 1.38 bits per heavy atom. The van der Waals surface area contributed by atoms with Crippen LogP contribution in [0.5, 0.6) is 0 Å². The third-order valence-corrected chi connectivity index (χ3v) is 3.87. The molecule has 1 atom stereocenters. The van der Waals surface area contributed by atoms with Crippen LogP contribution in [0, 0.1) is 0 Å². The standard InChI is InChI=1S/C10H11BrNS/c11-9-4-2-1-3-8(9)10-7-13-6-5-12-10/h1-4,10H,5-7H2. The molecule has 0 N–H and O–H groups in total. The molecule has 0 saturated carbocycles. The highest BCUT2D eigenvalue weighted by Crippen LogP contribution is 2.28. The van der Waals surface area contributed by atoms with Gasteiger partial charge in [-0.25, -0.2) is 5.32 Å². The number of thioether (sulfide) groups is 1. The first-order valence-corrected chi connectivity index (χ1v) is 6.31. The van der Waals surface area contributed by atoms with Gasteiger partial charge < -0.3 is 0 Å². The van der Waals surface area contributed by atoms with Gasteiger partial charge in [-0.1, -0.05) is 34.1 Å². The van der Waals surface area contributed by atoms with Crippen LogP contribution in [-0.4, -0.2) is 18.1 Å². The lowest BCUT2D eigenvalue weighted by atomic mass is 10.1.